The molecule has 2 aromatic rings. The number of fused-ring (bicyclic) bond motifs is 5. The van der Waals surface area contributed by atoms with Crippen molar-refractivity contribution in [3.05, 3.63) is 40.0 Å². The van der Waals surface area contributed by atoms with Gasteiger partial charge in [-0.2, -0.15) is 0 Å². The molecule has 140 valence electrons. The molecule has 0 radical (unpaired) electrons. The van der Waals surface area contributed by atoms with Gasteiger partial charge in [0, 0.05) is 28.4 Å². The number of hydrogen-bond donors (Lipinski definition) is 1. The Morgan fingerprint density at radius 3 is 2.69 bits per heavy atom. The van der Waals surface area contributed by atoms with E-state index in [2.05, 4.69) is 47.0 Å². The fraction of sp³-hybridized carbons (Fsp3) is 0.571. The highest BCUT2D eigenvalue weighted by Gasteiger charge is 2.36. The van der Waals surface area contributed by atoms with Crippen molar-refractivity contribution in [2.45, 2.75) is 72.0 Å². The summed E-state index contributed by atoms with van der Waals surface area (Å²) in [5.74, 6) is 0.353. The Morgan fingerprint density at radius 2 is 1.96 bits per heavy atom. The zero-order chi connectivity index (χ0) is 18.4. The lowest BCUT2D eigenvalue weighted by Gasteiger charge is -2.34. The first-order valence-electron chi connectivity index (χ1n) is 9.85. The van der Waals surface area contributed by atoms with Crippen molar-refractivity contribution in [2.24, 2.45) is 5.92 Å². The minimum Gasteiger partial charge on any atom is -0.336 e. The van der Waals surface area contributed by atoms with Crippen LogP contribution in [-0.2, 0) is 19.4 Å². The Bertz CT molecular complexity index is 817. The molecule has 5 heteroatoms. The van der Waals surface area contributed by atoms with Crippen LogP contribution < -0.4 is 5.32 Å². The molecule has 26 heavy (non-hydrogen) atoms. The van der Waals surface area contributed by atoms with Crippen molar-refractivity contribution in [1.29, 1.82) is 0 Å². The first-order chi connectivity index (χ1) is 12.5. The molecular formula is C21H29N3OS. The lowest BCUT2D eigenvalue weighted by Crippen LogP contribution is -2.45. The van der Waals surface area contributed by atoms with Crippen LogP contribution in [0.5, 0.6) is 0 Å². The molecule has 4 nitrogen and oxygen atoms in total. The van der Waals surface area contributed by atoms with Crippen LogP contribution in [0.25, 0.3) is 5.00 Å². The second-order valence-electron chi connectivity index (χ2n) is 8.22. The summed E-state index contributed by atoms with van der Waals surface area (Å²) in [5, 5.41) is 4.47. The molecule has 4 rings (SSSR count). The number of aryl methyl sites for hydroxylation is 1. The van der Waals surface area contributed by atoms with E-state index in [9.17, 15) is 4.79 Å². The van der Waals surface area contributed by atoms with Gasteiger partial charge in [-0.25, -0.2) is 4.79 Å². The zero-order valence-electron chi connectivity index (χ0n) is 16.2. The number of carbonyl (C=O) groups is 1. The quantitative estimate of drug-likeness (QED) is 0.788. The second-order valence-corrected chi connectivity index (χ2v) is 9.30. The monoisotopic (exact) mass is 371 g/mol. The van der Waals surface area contributed by atoms with E-state index in [4.69, 9.17) is 0 Å². The number of rotatable bonds is 2. The summed E-state index contributed by atoms with van der Waals surface area (Å²) in [6.07, 6.45) is 7.08. The summed E-state index contributed by atoms with van der Waals surface area (Å²) in [5.41, 5.74) is 4.13. The summed E-state index contributed by atoms with van der Waals surface area (Å²) in [7, 11) is 0. The van der Waals surface area contributed by atoms with E-state index in [1.54, 1.807) is 0 Å². The molecule has 1 N–H and O–H groups in total. The Labute approximate surface area is 160 Å². The fourth-order valence-electron chi connectivity index (χ4n) is 4.45. The largest absolute Gasteiger partial charge is 0.336 e. The van der Waals surface area contributed by atoms with E-state index < -0.39 is 0 Å². The van der Waals surface area contributed by atoms with Crippen LogP contribution in [0.15, 0.2) is 18.3 Å². The molecule has 1 aliphatic heterocycles. The minimum absolute atomic E-state index is 0.0510. The number of nitrogens with one attached hydrogen (secondary N) is 1. The third-order valence-electron chi connectivity index (χ3n) is 5.53. The summed E-state index contributed by atoms with van der Waals surface area (Å²) in [4.78, 5) is 16.7. The van der Waals surface area contributed by atoms with Crippen LogP contribution in [0, 0.1) is 5.92 Å². The number of urea groups is 1. The summed E-state index contributed by atoms with van der Waals surface area (Å²) in [6, 6.07) is 4.59. The van der Waals surface area contributed by atoms with Gasteiger partial charge in [-0.15, -0.1) is 11.3 Å². The smallest absolute Gasteiger partial charge is 0.318 e. The molecule has 0 bridgehead atoms. The second kappa shape index (κ2) is 6.76. The molecule has 0 saturated heterocycles. The van der Waals surface area contributed by atoms with Gasteiger partial charge in [-0.3, -0.25) is 0 Å². The molecule has 0 aromatic carbocycles. The van der Waals surface area contributed by atoms with Gasteiger partial charge in [0.15, 0.2) is 0 Å². The third kappa shape index (κ3) is 2.86. The molecule has 0 saturated carbocycles. The number of thiophene rings is 1. The predicted octanol–water partition coefficient (Wildman–Crippen LogP) is 5.05. The van der Waals surface area contributed by atoms with Crippen molar-refractivity contribution in [1.82, 2.24) is 14.8 Å². The Hall–Kier alpha value is -1.75. The fourth-order valence-corrected chi connectivity index (χ4v) is 5.86. The summed E-state index contributed by atoms with van der Waals surface area (Å²) >= 11 is 1.94. The van der Waals surface area contributed by atoms with Gasteiger partial charge in [-0.05, 0) is 63.1 Å². The highest BCUT2D eigenvalue weighted by molar-refractivity contribution is 7.15. The van der Waals surface area contributed by atoms with Gasteiger partial charge in [0.25, 0.3) is 0 Å². The third-order valence-corrected chi connectivity index (χ3v) is 6.86. The first kappa shape index (κ1) is 17.7. The Balaban J connectivity index is 1.86. The molecule has 0 spiro atoms. The van der Waals surface area contributed by atoms with Gasteiger partial charge >= 0.3 is 6.03 Å². The number of carbonyl (C=O) groups excluding carboxylic acids is 1. The predicted molar refractivity (Wildman–Crippen MR) is 107 cm³/mol. The van der Waals surface area contributed by atoms with Crippen molar-refractivity contribution in [3.63, 3.8) is 0 Å². The van der Waals surface area contributed by atoms with E-state index in [0.717, 1.165) is 6.42 Å². The summed E-state index contributed by atoms with van der Waals surface area (Å²) < 4.78 is 2.35. The van der Waals surface area contributed by atoms with E-state index in [-0.39, 0.29) is 18.1 Å². The number of nitrogens with zero attached hydrogens (tertiary/aromatic N) is 2. The van der Waals surface area contributed by atoms with Crippen LogP contribution in [0.3, 0.4) is 0 Å². The highest BCUT2D eigenvalue weighted by Crippen LogP contribution is 2.43. The van der Waals surface area contributed by atoms with Gasteiger partial charge in [0.05, 0.1) is 12.6 Å². The van der Waals surface area contributed by atoms with E-state index >= 15 is 0 Å². The molecule has 2 amide bonds. The van der Waals surface area contributed by atoms with E-state index in [1.165, 1.54) is 46.0 Å². The topological polar surface area (TPSA) is 37.3 Å². The van der Waals surface area contributed by atoms with Crippen molar-refractivity contribution in [3.8, 4) is 5.00 Å². The Kier molecular flexibility index (Phi) is 4.59. The van der Waals surface area contributed by atoms with Crippen molar-refractivity contribution < 1.29 is 4.79 Å². The van der Waals surface area contributed by atoms with Gasteiger partial charge in [0.1, 0.15) is 5.00 Å². The Morgan fingerprint density at radius 1 is 1.19 bits per heavy atom. The molecule has 1 aliphatic carbocycles. The average molecular weight is 372 g/mol. The average Bonchev–Trinajstić information content (AvgIpc) is 3.15. The maximum atomic E-state index is 13.1. The maximum Gasteiger partial charge on any atom is 0.318 e. The van der Waals surface area contributed by atoms with Gasteiger partial charge < -0.3 is 14.8 Å². The lowest BCUT2D eigenvalue weighted by molar-refractivity contribution is 0.147. The number of hydrogen-bond acceptors (Lipinski definition) is 2. The molecule has 0 fully saturated rings. The van der Waals surface area contributed by atoms with Crippen molar-refractivity contribution >= 4 is 17.4 Å². The van der Waals surface area contributed by atoms with Crippen molar-refractivity contribution in [2.75, 3.05) is 0 Å². The molecule has 2 aromatic heterocycles. The van der Waals surface area contributed by atoms with Gasteiger partial charge in [-0.1, -0.05) is 13.8 Å². The molecule has 3 heterocycles. The maximum absolute atomic E-state index is 13.1. The van der Waals surface area contributed by atoms with E-state index in [1.807, 2.05) is 25.2 Å². The molecular weight excluding hydrogens is 342 g/mol. The van der Waals surface area contributed by atoms with Crippen LogP contribution >= 0.6 is 11.3 Å². The van der Waals surface area contributed by atoms with Crippen LogP contribution in [-0.4, -0.2) is 21.5 Å². The molecule has 0 unspecified atom stereocenters. The first-order valence-corrected chi connectivity index (χ1v) is 10.7. The minimum atomic E-state index is 0.0510. The molecule has 2 aliphatic rings. The number of amides is 2. The zero-order valence-corrected chi connectivity index (χ0v) is 17.0. The number of aromatic nitrogens is 1. The lowest BCUT2D eigenvalue weighted by atomic mass is 9.94. The van der Waals surface area contributed by atoms with Gasteiger partial charge in [0.2, 0.25) is 0 Å². The SMILES string of the molecule is CC(C)NC(=O)N1Cc2c(sc3c2CCCC3)-n2cccc2[C@H]1C(C)C. The van der Waals surface area contributed by atoms with Crippen LogP contribution in [0.2, 0.25) is 0 Å². The van der Waals surface area contributed by atoms with Crippen LogP contribution in [0.4, 0.5) is 4.79 Å². The van der Waals surface area contributed by atoms with Crippen LogP contribution in [0.1, 0.15) is 68.3 Å². The van der Waals surface area contributed by atoms with E-state index in [0.29, 0.717) is 12.5 Å². The normalized spacial score (nSPS) is 19.2. The highest BCUT2D eigenvalue weighted by atomic mass is 32.1. The standard InChI is InChI=1S/C21H29N3OS/c1-13(2)19-17-9-7-11-23(17)20-16(12-24(19)21(25)22-14(3)4)15-8-5-6-10-18(15)26-20/h7,9,11,13-14,19H,5-6,8,10,12H2,1-4H3,(H,22,25)/t19-/m1/s1. The molecule has 1 atom stereocenters. The summed E-state index contributed by atoms with van der Waals surface area (Å²) in [6.45, 7) is 9.20.